The van der Waals surface area contributed by atoms with Gasteiger partial charge in [0.05, 0.1) is 18.5 Å². The molecule has 0 atom stereocenters. The minimum absolute atomic E-state index is 0.118. The Morgan fingerprint density at radius 1 is 1.04 bits per heavy atom. The number of nitrogens with one attached hydrogen (secondary N) is 1. The predicted octanol–water partition coefficient (Wildman–Crippen LogP) is 3.87. The highest BCUT2D eigenvalue weighted by atomic mass is 32.1. The van der Waals surface area contributed by atoms with E-state index in [2.05, 4.69) is 15.3 Å². The number of amides is 1. The van der Waals surface area contributed by atoms with E-state index in [0.717, 1.165) is 22.2 Å². The second-order valence-electron chi connectivity index (χ2n) is 6.03. The number of pyridine rings is 1. The van der Waals surface area contributed by atoms with E-state index < -0.39 is 11.9 Å². The highest BCUT2D eigenvalue weighted by Gasteiger charge is 2.26. The summed E-state index contributed by atoms with van der Waals surface area (Å²) in [6.07, 6.45) is 0. The first kappa shape index (κ1) is 18.1. The van der Waals surface area contributed by atoms with Gasteiger partial charge in [0.2, 0.25) is 5.76 Å². The molecule has 0 fully saturated rings. The molecule has 7 nitrogen and oxygen atoms in total. The maximum atomic E-state index is 12.7. The van der Waals surface area contributed by atoms with Gasteiger partial charge in [-0.1, -0.05) is 0 Å². The van der Waals surface area contributed by atoms with Crippen LogP contribution in [-0.4, -0.2) is 29.0 Å². The molecule has 0 spiro atoms. The fraction of sp³-hybridized carbons (Fsp3) is 0.333. The van der Waals surface area contributed by atoms with E-state index >= 15 is 0 Å². The van der Waals surface area contributed by atoms with Crippen LogP contribution in [0.5, 0.6) is 0 Å². The molecule has 1 N–H and O–H groups in total. The Hall–Kier alpha value is -2.74. The first-order valence-electron chi connectivity index (χ1n) is 7.98. The zero-order valence-electron chi connectivity index (χ0n) is 15.4. The lowest BCUT2D eigenvalue weighted by atomic mass is 10.0. The molecule has 0 aliphatic carbocycles. The molecule has 26 heavy (non-hydrogen) atoms. The smallest absolute Gasteiger partial charge is 0.350 e. The third-order valence-electron chi connectivity index (χ3n) is 4.36. The molecule has 136 valence electrons. The number of oxazole rings is 1. The van der Waals surface area contributed by atoms with Crippen molar-refractivity contribution < 1.29 is 18.7 Å². The molecule has 0 aliphatic rings. The first-order valence-corrected chi connectivity index (χ1v) is 8.80. The number of rotatable bonds is 3. The molecule has 0 radical (unpaired) electrons. The second kappa shape index (κ2) is 6.53. The highest BCUT2D eigenvalue weighted by molar-refractivity contribution is 7.21. The quantitative estimate of drug-likeness (QED) is 0.701. The summed E-state index contributed by atoms with van der Waals surface area (Å²) >= 11 is 1.19. The number of esters is 1. The Morgan fingerprint density at radius 3 is 2.31 bits per heavy atom. The van der Waals surface area contributed by atoms with Crippen molar-refractivity contribution in [2.45, 2.75) is 34.6 Å². The summed E-state index contributed by atoms with van der Waals surface area (Å²) in [5.41, 5.74) is 3.73. The third kappa shape index (κ3) is 2.86. The number of ether oxygens (including phenoxy) is 1. The van der Waals surface area contributed by atoms with E-state index in [1.54, 1.807) is 13.8 Å². The van der Waals surface area contributed by atoms with Gasteiger partial charge in [-0.15, -0.1) is 11.3 Å². The number of carbonyl (C=O) groups is 2. The van der Waals surface area contributed by atoms with Crippen molar-refractivity contribution in [3.8, 4) is 0 Å². The van der Waals surface area contributed by atoms with E-state index in [0.29, 0.717) is 27.0 Å². The largest absolute Gasteiger partial charge is 0.465 e. The molecular weight excluding hydrogens is 354 g/mol. The number of thiophene rings is 1. The van der Waals surface area contributed by atoms with Crippen LogP contribution in [-0.2, 0) is 4.74 Å². The number of hydrogen-bond acceptors (Lipinski definition) is 7. The zero-order chi connectivity index (χ0) is 19.2. The minimum atomic E-state index is -0.525. The third-order valence-corrected chi connectivity index (χ3v) is 5.42. The van der Waals surface area contributed by atoms with Crippen LogP contribution < -0.4 is 5.32 Å². The van der Waals surface area contributed by atoms with Gasteiger partial charge in [0, 0.05) is 18.0 Å². The van der Waals surface area contributed by atoms with E-state index in [1.165, 1.54) is 18.4 Å². The Kier molecular flexibility index (Phi) is 4.53. The molecule has 1 amide bonds. The van der Waals surface area contributed by atoms with Crippen LogP contribution in [0, 0.1) is 34.6 Å². The van der Waals surface area contributed by atoms with Crippen molar-refractivity contribution in [1.29, 1.82) is 0 Å². The summed E-state index contributed by atoms with van der Waals surface area (Å²) in [5.74, 6) is -0.471. The Bertz CT molecular complexity index is 1050. The van der Waals surface area contributed by atoms with E-state index in [1.807, 2.05) is 20.8 Å². The Balaban J connectivity index is 2.19. The number of aromatic nitrogens is 2. The molecule has 0 aromatic carbocycles. The predicted molar refractivity (Wildman–Crippen MR) is 99.1 cm³/mol. The zero-order valence-corrected chi connectivity index (χ0v) is 16.3. The molecule has 3 aromatic rings. The molecule has 0 bridgehead atoms. The molecule has 0 unspecified atom stereocenters. The van der Waals surface area contributed by atoms with E-state index in [4.69, 9.17) is 9.15 Å². The number of carbonyl (C=O) groups excluding carboxylic acids is 2. The summed E-state index contributed by atoms with van der Waals surface area (Å²) in [6.45, 7) is 9.18. The summed E-state index contributed by atoms with van der Waals surface area (Å²) < 4.78 is 10.3. The van der Waals surface area contributed by atoms with Gasteiger partial charge in [-0.2, -0.15) is 0 Å². The SMILES string of the molecule is COC(=O)c1sc2nc(C)c(C)c(C)c2c1NC(=O)c1oc(C)nc1C. The van der Waals surface area contributed by atoms with Crippen molar-refractivity contribution in [3.05, 3.63) is 39.0 Å². The lowest BCUT2D eigenvalue weighted by Crippen LogP contribution is -2.15. The number of nitrogens with zero attached hydrogens (tertiary/aromatic N) is 2. The Morgan fingerprint density at radius 2 is 1.73 bits per heavy atom. The van der Waals surface area contributed by atoms with Crippen molar-refractivity contribution in [2.24, 2.45) is 0 Å². The average molecular weight is 373 g/mol. The van der Waals surface area contributed by atoms with Gasteiger partial charge in [0.1, 0.15) is 9.71 Å². The topological polar surface area (TPSA) is 94.3 Å². The van der Waals surface area contributed by atoms with E-state index in [9.17, 15) is 9.59 Å². The van der Waals surface area contributed by atoms with Gasteiger partial charge in [-0.25, -0.2) is 14.8 Å². The molecule has 0 aliphatic heterocycles. The maximum Gasteiger partial charge on any atom is 0.350 e. The van der Waals surface area contributed by atoms with Gasteiger partial charge in [0.15, 0.2) is 5.89 Å². The number of aryl methyl sites for hydroxylation is 4. The second-order valence-corrected chi connectivity index (χ2v) is 7.03. The van der Waals surface area contributed by atoms with Crippen molar-refractivity contribution in [1.82, 2.24) is 9.97 Å². The number of methoxy groups -OCH3 is 1. The summed E-state index contributed by atoms with van der Waals surface area (Å²) in [6, 6.07) is 0. The van der Waals surface area contributed by atoms with Crippen molar-refractivity contribution >= 4 is 39.1 Å². The summed E-state index contributed by atoms with van der Waals surface area (Å²) in [7, 11) is 1.30. The Labute approximate surface area is 154 Å². The van der Waals surface area contributed by atoms with Crippen LogP contribution >= 0.6 is 11.3 Å². The summed E-state index contributed by atoms with van der Waals surface area (Å²) in [5, 5.41) is 3.54. The van der Waals surface area contributed by atoms with Crippen molar-refractivity contribution in [3.63, 3.8) is 0 Å². The van der Waals surface area contributed by atoms with Crippen molar-refractivity contribution in [2.75, 3.05) is 12.4 Å². The van der Waals surface area contributed by atoms with Crippen LogP contribution in [0.4, 0.5) is 5.69 Å². The molecule has 3 aromatic heterocycles. The lowest BCUT2D eigenvalue weighted by molar-refractivity contribution is 0.0607. The molecule has 3 heterocycles. The minimum Gasteiger partial charge on any atom is -0.465 e. The van der Waals surface area contributed by atoms with Gasteiger partial charge in [-0.3, -0.25) is 4.79 Å². The maximum absolute atomic E-state index is 12.7. The first-order chi connectivity index (χ1) is 12.2. The molecule has 0 saturated heterocycles. The molecular formula is C18H19N3O4S. The number of hydrogen-bond donors (Lipinski definition) is 1. The van der Waals surface area contributed by atoms with Crippen LogP contribution in [0.2, 0.25) is 0 Å². The molecule has 3 rings (SSSR count). The van der Waals surface area contributed by atoms with Gasteiger partial charge in [-0.05, 0) is 38.8 Å². The fourth-order valence-electron chi connectivity index (χ4n) is 2.81. The van der Waals surface area contributed by atoms with Gasteiger partial charge < -0.3 is 14.5 Å². The fourth-order valence-corrected chi connectivity index (χ4v) is 3.96. The summed E-state index contributed by atoms with van der Waals surface area (Å²) in [4.78, 5) is 34.6. The number of fused-ring (bicyclic) bond motifs is 1. The highest BCUT2D eigenvalue weighted by Crippen LogP contribution is 2.39. The van der Waals surface area contributed by atoms with Gasteiger partial charge in [0.25, 0.3) is 5.91 Å². The van der Waals surface area contributed by atoms with E-state index in [-0.39, 0.29) is 5.76 Å². The normalized spacial score (nSPS) is 11.0. The monoisotopic (exact) mass is 373 g/mol. The van der Waals surface area contributed by atoms with Gasteiger partial charge >= 0.3 is 5.97 Å². The lowest BCUT2D eigenvalue weighted by Gasteiger charge is -2.09. The number of anilines is 1. The molecule has 0 saturated carbocycles. The average Bonchev–Trinajstić information content (AvgIpc) is 3.11. The molecule has 8 heteroatoms. The van der Waals surface area contributed by atoms with Crippen LogP contribution in [0.3, 0.4) is 0 Å². The standard InChI is InChI=1S/C18H19N3O4S/c1-7-8(2)12-13(21-16(22)14-10(4)19-11(5)25-14)15(18(23)24-6)26-17(12)20-9(7)3/h1-6H3,(H,21,22). The van der Waals surface area contributed by atoms with Crippen LogP contribution in [0.1, 0.15) is 48.6 Å². The van der Waals surface area contributed by atoms with Crippen LogP contribution in [0.25, 0.3) is 10.2 Å². The van der Waals surface area contributed by atoms with Crippen LogP contribution in [0.15, 0.2) is 4.42 Å².